The molecule has 1 amide bonds. The van der Waals surface area contributed by atoms with Crippen LogP contribution in [0.25, 0.3) is 12.2 Å². The van der Waals surface area contributed by atoms with E-state index in [4.69, 9.17) is 4.74 Å². The average Bonchev–Trinajstić information content (AvgIpc) is 2.68. The monoisotopic (exact) mass is 375 g/mol. The van der Waals surface area contributed by atoms with Gasteiger partial charge in [0, 0.05) is 11.1 Å². The first kappa shape index (κ1) is 19.6. The molecule has 4 heteroatoms. The summed E-state index contributed by atoms with van der Waals surface area (Å²) in [4.78, 5) is 27.0. The molecule has 1 aliphatic heterocycles. The van der Waals surface area contributed by atoms with Gasteiger partial charge in [-0.1, -0.05) is 59.7 Å². The summed E-state index contributed by atoms with van der Waals surface area (Å²) in [6.45, 7) is 6.62. The van der Waals surface area contributed by atoms with Crippen molar-refractivity contribution in [2.24, 2.45) is 0 Å². The van der Waals surface area contributed by atoms with Crippen molar-refractivity contribution in [2.45, 2.75) is 20.8 Å². The number of hydrogen-bond donors (Lipinski definition) is 0. The van der Waals surface area contributed by atoms with Gasteiger partial charge in [0.15, 0.2) is 5.78 Å². The number of likely N-dealkylation sites (tertiary alicyclic amines) is 1. The van der Waals surface area contributed by atoms with E-state index < -0.39 is 6.09 Å². The number of hydrogen-bond acceptors (Lipinski definition) is 3. The Hall–Kier alpha value is -3.14. The van der Waals surface area contributed by atoms with Crippen molar-refractivity contribution in [3.05, 3.63) is 81.9 Å². The van der Waals surface area contributed by atoms with Crippen molar-refractivity contribution < 1.29 is 14.3 Å². The zero-order chi connectivity index (χ0) is 20.1. The van der Waals surface area contributed by atoms with Crippen LogP contribution in [0, 0.1) is 13.8 Å². The summed E-state index contributed by atoms with van der Waals surface area (Å²) in [6.07, 6.45) is 3.31. The van der Waals surface area contributed by atoms with Crippen LogP contribution in [0.3, 0.4) is 0 Å². The van der Waals surface area contributed by atoms with Gasteiger partial charge in [-0.2, -0.15) is 0 Å². The molecule has 0 aliphatic carbocycles. The van der Waals surface area contributed by atoms with Crippen LogP contribution in [0.5, 0.6) is 0 Å². The molecule has 4 nitrogen and oxygen atoms in total. The maximum atomic E-state index is 13.1. The molecule has 1 aliphatic rings. The molecule has 1 saturated heterocycles. The number of benzene rings is 2. The second kappa shape index (κ2) is 8.70. The van der Waals surface area contributed by atoms with Crippen molar-refractivity contribution in [3.8, 4) is 0 Å². The Morgan fingerprint density at radius 1 is 0.893 bits per heavy atom. The number of nitrogens with zero attached hydrogens (tertiary/aromatic N) is 1. The lowest BCUT2D eigenvalue weighted by molar-refractivity contribution is -0.113. The van der Waals surface area contributed by atoms with Gasteiger partial charge >= 0.3 is 6.09 Å². The lowest BCUT2D eigenvalue weighted by Gasteiger charge is -2.29. The highest BCUT2D eigenvalue weighted by Gasteiger charge is 2.29. The van der Waals surface area contributed by atoms with Gasteiger partial charge in [-0.15, -0.1) is 0 Å². The van der Waals surface area contributed by atoms with Crippen LogP contribution < -0.4 is 0 Å². The van der Waals surface area contributed by atoms with Gasteiger partial charge in [0.2, 0.25) is 0 Å². The summed E-state index contributed by atoms with van der Waals surface area (Å²) in [5.41, 5.74) is 5.36. The minimum atomic E-state index is -0.403. The zero-order valence-electron chi connectivity index (χ0n) is 16.6. The van der Waals surface area contributed by atoms with E-state index in [1.165, 1.54) is 0 Å². The van der Waals surface area contributed by atoms with E-state index in [9.17, 15) is 9.59 Å². The first-order chi connectivity index (χ1) is 13.5. The third kappa shape index (κ3) is 4.77. The minimum absolute atomic E-state index is 0.0262. The third-order valence-electron chi connectivity index (χ3n) is 4.67. The maximum Gasteiger partial charge on any atom is 0.410 e. The number of ether oxygens (including phenoxy) is 1. The van der Waals surface area contributed by atoms with Gasteiger partial charge < -0.3 is 4.74 Å². The molecule has 3 rings (SSSR count). The largest absolute Gasteiger partial charge is 0.450 e. The predicted octanol–water partition coefficient (Wildman–Crippen LogP) is 4.81. The van der Waals surface area contributed by atoms with Crippen LogP contribution in [0.4, 0.5) is 4.79 Å². The van der Waals surface area contributed by atoms with E-state index in [2.05, 4.69) is 0 Å². The summed E-state index contributed by atoms with van der Waals surface area (Å²) < 4.78 is 5.17. The molecule has 1 fully saturated rings. The second-order valence-electron chi connectivity index (χ2n) is 7.04. The van der Waals surface area contributed by atoms with E-state index in [0.29, 0.717) is 17.8 Å². The summed E-state index contributed by atoms with van der Waals surface area (Å²) in [7, 11) is 0. The van der Waals surface area contributed by atoms with E-state index in [0.717, 1.165) is 22.3 Å². The summed E-state index contributed by atoms with van der Waals surface area (Å²) >= 11 is 0. The Morgan fingerprint density at radius 2 is 1.32 bits per heavy atom. The van der Waals surface area contributed by atoms with Crippen LogP contribution in [-0.4, -0.2) is 36.5 Å². The Balaban J connectivity index is 1.96. The Bertz CT molecular complexity index is 854. The van der Waals surface area contributed by atoms with Gasteiger partial charge in [0.05, 0.1) is 19.7 Å². The molecule has 0 bridgehead atoms. The minimum Gasteiger partial charge on any atom is -0.450 e. The number of amides is 1. The fourth-order valence-electron chi connectivity index (χ4n) is 3.11. The lowest BCUT2D eigenvalue weighted by atomic mass is 9.94. The standard InChI is InChI=1S/C24H25NO3/c1-4-28-24(27)25-15-21(13-19-9-5-17(2)6-10-19)23(26)22(16-25)14-20-11-7-18(3)8-12-20/h5-14H,4,15-16H2,1-3H3/b21-13-,22-14+. The normalized spacial score (nSPS) is 17.2. The highest BCUT2D eigenvalue weighted by atomic mass is 16.6. The van der Waals surface area contributed by atoms with Gasteiger partial charge in [0.25, 0.3) is 0 Å². The Kier molecular flexibility index (Phi) is 6.09. The summed E-state index contributed by atoms with van der Waals surface area (Å²) in [6, 6.07) is 15.9. The maximum absolute atomic E-state index is 13.1. The molecular weight excluding hydrogens is 350 g/mol. The van der Waals surface area contributed by atoms with Gasteiger partial charge in [-0.05, 0) is 44.1 Å². The van der Waals surface area contributed by atoms with Crippen molar-refractivity contribution in [2.75, 3.05) is 19.7 Å². The van der Waals surface area contributed by atoms with E-state index in [1.54, 1.807) is 11.8 Å². The first-order valence-corrected chi connectivity index (χ1v) is 9.47. The molecule has 0 spiro atoms. The van der Waals surface area contributed by atoms with Crippen molar-refractivity contribution in [3.63, 3.8) is 0 Å². The van der Waals surface area contributed by atoms with Crippen LogP contribution in [0.15, 0.2) is 59.7 Å². The van der Waals surface area contributed by atoms with Crippen molar-refractivity contribution in [1.29, 1.82) is 0 Å². The number of piperidine rings is 1. The number of carbonyl (C=O) groups excluding carboxylic acids is 2. The number of ketones is 1. The Morgan fingerprint density at radius 3 is 1.71 bits per heavy atom. The average molecular weight is 375 g/mol. The van der Waals surface area contributed by atoms with Crippen LogP contribution in [0.1, 0.15) is 29.2 Å². The number of aryl methyl sites for hydroxylation is 2. The molecule has 0 radical (unpaired) electrons. The van der Waals surface area contributed by atoms with E-state index in [1.807, 2.05) is 74.5 Å². The lowest BCUT2D eigenvalue weighted by Crippen LogP contribution is -2.41. The smallest absolute Gasteiger partial charge is 0.410 e. The fraction of sp³-hybridized carbons (Fsp3) is 0.250. The quantitative estimate of drug-likeness (QED) is 0.723. The third-order valence-corrected chi connectivity index (χ3v) is 4.67. The molecule has 1 heterocycles. The Labute approximate surface area is 166 Å². The van der Waals surface area contributed by atoms with Gasteiger partial charge in [0.1, 0.15) is 0 Å². The highest BCUT2D eigenvalue weighted by Crippen LogP contribution is 2.23. The molecule has 0 unspecified atom stereocenters. The van der Waals surface area contributed by atoms with E-state index in [-0.39, 0.29) is 18.9 Å². The van der Waals surface area contributed by atoms with Gasteiger partial charge in [-0.3, -0.25) is 9.69 Å². The topological polar surface area (TPSA) is 46.6 Å². The number of Topliss-reactive ketones (excluding diaryl/α,β-unsaturated/α-hetero) is 1. The predicted molar refractivity (Wildman–Crippen MR) is 112 cm³/mol. The molecule has 0 saturated carbocycles. The first-order valence-electron chi connectivity index (χ1n) is 9.47. The molecule has 0 aromatic heterocycles. The van der Waals surface area contributed by atoms with Crippen molar-refractivity contribution >= 4 is 24.0 Å². The summed E-state index contributed by atoms with van der Waals surface area (Å²) in [5.74, 6) is -0.0262. The molecule has 28 heavy (non-hydrogen) atoms. The molecular formula is C24H25NO3. The van der Waals surface area contributed by atoms with Crippen LogP contribution in [0.2, 0.25) is 0 Å². The number of carbonyl (C=O) groups is 2. The fourth-order valence-corrected chi connectivity index (χ4v) is 3.11. The molecule has 0 N–H and O–H groups in total. The second-order valence-corrected chi connectivity index (χ2v) is 7.04. The van der Waals surface area contributed by atoms with E-state index >= 15 is 0 Å². The highest BCUT2D eigenvalue weighted by molar-refractivity contribution is 6.15. The van der Waals surface area contributed by atoms with Gasteiger partial charge in [-0.25, -0.2) is 4.79 Å². The van der Waals surface area contributed by atoms with Crippen molar-refractivity contribution in [1.82, 2.24) is 4.90 Å². The zero-order valence-corrected chi connectivity index (χ0v) is 16.6. The summed E-state index contributed by atoms with van der Waals surface area (Å²) in [5, 5.41) is 0. The molecule has 2 aromatic rings. The van der Waals surface area contributed by atoms with Crippen LogP contribution in [-0.2, 0) is 9.53 Å². The SMILES string of the molecule is CCOC(=O)N1C/C(=C/c2ccc(C)cc2)C(=O)/C(=C/c2ccc(C)cc2)C1. The molecule has 0 atom stereocenters. The molecule has 144 valence electrons. The van der Waals surface area contributed by atoms with Crippen LogP contribution >= 0.6 is 0 Å². The molecule has 2 aromatic carbocycles. The number of rotatable bonds is 3.